The predicted octanol–water partition coefficient (Wildman–Crippen LogP) is 3.89. The van der Waals surface area contributed by atoms with Crippen LogP contribution in [0.5, 0.6) is 0 Å². The van der Waals surface area contributed by atoms with Gasteiger partial charge in [-0.25, -0.2) is 9.07 Å². The first-order valence-electron chi connectivity index (χ1n) is 6.49. The summed E-state index contributed by atoms with van der Waals surface area (Å²) >= 11 is 1.51. The molecule has 5 heteroatoms. The van der Waals surface area contributed by atoms with Gasteiger partial charge in [0.15, 0.2) is 0 Å². The van der Waals surface area contributed by atoms with Gasteiger partial charge < -0.3 is 5.73 Å². The van der Waals surface area contributed by atoms with E-state index in [9.17, 15) is 4.39 Å². The van der Waals surface area contributed by atoms with Crippen LogP contribution < -0.4 is 5.73 Å². The fourth-order valence-corrected chi connectivity index (χ4v) is 2.87. The van der Waals surface area contributed by atoms with Crippen molar-refractivity contribution in [2.24, 2.45) is 0 Å². The van der Waals surface area contributed by atoms with Gasteiger partial charge >= 0.3 is 0 Å². The van der Waals surface area contributed by atoms with Crippen molar-refractivity contribution in [1.29, 1.82) is 0 Å². The zero-order chi connectivity index (χ0) is 14.7. The number of aromatic nitrogens is 2. The molecule has 2 N–H and O–H groups in total. The van der Waals surface area contributed by atoms with Gasteiger partial charge in [0.05, 0.1) is 11.4 Å². The number of para-hydroxylation sites is 1. The molecule has 3 nitrogen and oxygen atoms in total. The molecule has 0 saturated carbocycles. The van der Waals surface area contributed by atoms with Crippen molar-refractivity contribution in [1.82, 2.24) is 9.78 Å². The number of thioether (sulfide) groups is 1. The molecular formula is C16H14FN3S. The van der Waals surface area contributed by atoms with Crippen LogP contribution >= 0.6 is 11.8 Å². The topological polar surface area (TPSA) is 43.8 Å². The summed E-state index contributed by atoms with van der Waals surface area (Å²) in [7, 11) is 0. The highest BCUT2D eigenvalue weighted by Gasteiger charge is 2.04. The van der Waals surface area contributed by atoms with E-state index in [1.54, 1.807) is 6.07 Å². The number of rotatable bonds is 4. The van der Waals surface area contributed by atoms with E-state index in [4.69, 9.17) is 5.73 Å². The zero-order valence-electron chi connectivity index (χ0n) is 11.2. The normalized spacial score (nSPS) is 10.7. The number of halogens is 1. The maximum absolute atomic E-state index is 13.3. The molecule has 0 unspecified atom stereocenters. The Morgan fingerprint density at radius 2 is 1.90 bits per heavy atom. The van der Waals surface area contributed by atoms with Crippen molar-refractivity contribution < 1.29 is 4.39 Å². The lowest BCUT2D eigenvalue weighted by Crippen LogP contribution is -1.95. The van der Waals surface area contributed by atoms with Gasteiger partial charge in [-0.2, -0.15) is 5.10 Å². The molecule has 0 saturated heterocycles. The molecule has 21 heavy (non-hydrogen) atoms. The molecule has 0 bridgehead atoms. The number of nitrogen functional groups attached to an aromatic ring is 1. The first-order chi connectivity index (χ1) is 10.2. The molecule has 0 aliphatic rings. The summed E-state index contributed by atoms with van der Waals surface area (Å²) in [5.41, 5.74) is 8.03. The van der Waals surface area contributed by atoms with Crippen LogP contribution in [0.1, 0.15) is 5.69 Å². The van der Waals surface area contributed by atoms with Crippen LogP contribution in [0.3, 0.4) is 0 Å². The first-order valence-corrected chi connectivity index (χ1v) is 7.48. The number of anilines is 1. The second kappa shape index (κ2) is 6.01. The fraction of sp³-hybridized carbons (Fsp3) is 0.0625. The summed E-state index contributed by atoms with van der Waals surface area (Å²) < 4.78 is 15.1. The lowest BCUT2D eigenvalue weighted by atomic mass is 10.3. The quantitative estimate of drug-likeness (QED) is 0.587. The molecule has 2 aromatic carbocycles. The van der Waals surface area contributed by atoms with Crippen molar-refractivity contribution >= 4 is 17.4 Å². The summed E-state index contributed by atoms with van der Waals surface area (Å²) in [6, 6.07) is 16.4. The molecule has 1 aromatic heterocycles. The number of hydrogen-bond acceptors (Lipinski definition) is 3. The van der Waals surface area contributed by atoms with Crippen LogP contribution in [-0.2, 0) is 5.75 Å². The standard InChI is InChI=1S/C16H14FN3S/c17-12-8-13(18)10-16(9-12)21-11-14-6-7-20(19-14)15-4-2-1-3-5-15/h1-10H,11,18H2. The average Bonchev–Trinajstić information content (AvgIpc) is 2.94. The second-order valence-corrected chi connectivity index (χ2v) is 5.64. The van der Waals surface area contributed by atoms with Crippen molar-refractivity contribution in [3.05, 3.63) is 72.3 Å². The van der Waals surface area contributed by atoms with Gasteiger partial charge in [-0.15, -0.1) is 11.8 Å². The number of nitrogens with two attached hydrogens (primary N) is 1. The van der Waals surface area contributed by atoms with Gasteiger partial charge in [-0.1, -0.05) is 18.2 Å². The Labute approximate surface area is 126 Å². The van der Waals surface area contributed by atoms with Crippen molar-refractivity contribution in [3.8, 4) is 5.69 Å². The van der Waals surface area contributed by atoms with E-state index in [0.29, 0.717) is 11.4 Å². The molecular weight excluding hydrogens is 285 g/mol. The largest absolute Gasteiger partial charge is 0.399 e. The minimum atomic E-state index is -0.313. The lowest BCUT2D eigenvalue weighted by molar-refractivity contribution is 0.625. The molecule has 0 atom stereocenters. The molecule has 0 fully saturated rings. The van der Waals surface area contributed by atoms with Crippen LogP contribution in [0.4, 0.5) is 10.1 Å². The van der Waals surface area contributed by atoms with E-state index in [1.165, 1.54) is 23.9 Å². The van der Waals surface area contributed by atoms with E-state index in [-0.39, 0.29) is 5.82 Å². The highest BCUT2D eigenvalue weighted by Crippen LogP contribution is 2.25. The van der Waals surface area contributed by atoms with Crippen molar-refractivity contribution in [2.45, 2.75) is 10.6 Å². The Balaban J connectivity index is 1.70. The van der Waals surface area contributed by atoms with Crippen LogP contribution in [0.2, 0.25) is 0 Å². The Bertz CT molecular complexity index is 720. The Hall–Kier alpha value is -2.27. The molecule has 1 heterocycles. The average molecular weight is 299 g/mol. The number of benzene rings is 2. The Kier molecular flexibility index (Phi) is 3.92. The third kappa shape index (κ3) is 3.44. The molecule has 106 valence electrons. The molecule has 3 rings (SSSR count). The maximum Gasteiger partial charge on any atom is 0.126 e. The molecule has 0 spiro atoms. The zero-order valence-corrected chi connectivity index (χ0v) is 12.1. The van der Waals surface area contributed by atoms with Crippen molar-refractivity contribution in [2.75, 3.05) is 5.73 Å². The summed E-state index contributed by atoms with van der Waals surface area (Å²) in [6.07, 6.45) is 1.92. The molecule has 0 radical (unpaired) electrons. The smallest absolute Gasteiger partial charge is 0.126 e. The van der Waals surface area contributed by atoms with Crippen molar-refractivity contribution in [3.63, 3.8) is 0 Å². The summed E-state index contributed by atoms with van der Waals surface area (Å²) in [4.78, 5) is 0.807. The summed E-state index contributed by atoms with van der Waals surface area (Å²) in [5.74, 6) is 0.357. The van der Waals surface area contributed by atoms with E-state index < -0.39 is 0 Å². The van der Waals surface area contributed by atoms with Gasteiger partial charge in [0.25, 0.3) is 0 Å². The third-order valence-corrected chi connectivity index (χ3v) is 3.95. The van der Waals surface area contributed by atoms with Gasteiger partial charge in [-0.05, 0) is 36.4 Å². The highest BCUT2D eigenvalue weighted by atomic mass is 32.2. The van der Waals surface area contributed by atoms with Crippen LogP contribution in [0.15, 0.2) is 65.7 Å². The first kappa shape index (κ1) is 13.7. The minimum absolute atomic E-state index is 0.313. The molecule has 3 aromatic rings. The fourth-order valence-electron chi connectivity index (χ4n) is 1.99. The number of nitrogens with zero attached hydrogens (tertiary/aromatic N) is 2. The van der Waals surface area contributed by atoms with Crippen LogP contribution in [0, 0.1) is 5.82 Å². The van der Waals surface area contributed by atoms with Crippen LogP contribution in [-0.4, -0.2) is 9.78 Å². The summed E-state index contributed by atoms with van der Waals surface area (Å²) in [5, 5.41) is 4.51. The third-order valence-electron chi connectivity index (χ3n) is 2.95. The lowest BCUT2D eigenvalue weighted by Gasteiger charge is -2.02. The Morgan fingerprint density at radius 3 is 2.67 bits per heavy atom. The van der Waals surface area contributed by atoms with E-state index >= 15 is 0 Å². The van der Waals surface area contributed by atoms with E-state index in [2.05, 4.69) is 5.10 Å². The Morgan fingerprint density at radius 1 is 1.10 bits per heavy atom. The molecule has 0 aliphatic heterocycles. The van der Waals surface area contributed by atoms with Gasteiger partial charge in [-0.3, -0.25) is 0 Å². The molecule has 0 aliphatic carbocycles. The van der Waals surface area contributed by atoms with E-state index in [0.717, 1.165) is 16.3 Å². The van der Waals surface area contributed by atoms with Crippen LogP contribution in [0.25, 0.3) is 5.69 Å². The van der Waals surface area contributed by atoms with Gasteiger partial charge in [0.2, 0.25) is 0 Å². The summed E-state index contributed by atoms with van der Waals surface area (Å²) in [6.45, 7) is 0. The maximum atomic E-state index is 13.3. The molecule has 0 amide bonds. The second-order valence-electron chi connectivity index (χ2n) is 4.60. The minimum Gasteiger partial charge on any atom is -0.399 e. The van der Waals surface area contributed by atoms with Gasteiger partial charge in [0.1, 0.15) is 5.82 Å². The van der Waals surface area contributed by atoms with Gasteiger partial charge in [0, 0.05) is 22.5 Å². The number of hydrogen-bond donors (Lipinski definition) is 1. The monoisotopic (exact) mass is 299 g/mol. The SMILES string of the molecule is Nc1cc(F)cc(SCc2ccn(-c3ccccc3)n2)c1. The highest BCUT2D eigenvalue weighted by molar-refractivity contribution is 7.98. The van der Waals surface area contributed by atoms with E-state index in [1.807, 2.05) is 47.3 Å². The predicted molar refractivity (Wildman–Crippen MR) is 83.9 cm³/mol.